The minimum absolute atomic E-state index is 0.0470. The van der Waals surface area contributed by atoms with Crippen LogP contribution in [-0.4, -0.2) is 26.6 Å². The van der Waals surface area contributed by atoms with Gasteiger partial charge in [0, 0.05) is 47.0 Å². The summed E-state index contributed by atoms with van der Waals surface area (Å²) in [6, 6.07) is 13.5. The van der Waals surface area contributed by atoms with E-state index in [9.17, 15) is 28.1 Å². The standard InChI is InChI=1S/C27H24FN3O6S/c1-15-11-16(3-10-22(15)31(33)34)14-30(38(35)36)23-13-24-21(12-20(23)17-4-5-17)25(27(32)29-2)26(37-24)18-6-8-19(28)9-7-18/h3,6-13,17H,4-5,14H2,1-2H3,(H,29,32)(H,35,36)/p-1. The zero-order valence-corrected chi connectivity index (χ0v) is 21.3. The number of fused-ring (bicyclic) bond motifs is 1. The molecule has 1 atom stereocenters. The van der Waals surface area contributed by atoms with E-state index in [1.807, 2.05) is 0 Å². The molecule has 4 aromatic rings. The zero-order valence-electron chi connectivity index (χ0n) is 20.5. The third-order valence-electron chi connectivity index (χ3n) is 6.65. The van der Waals surface area contributed by atoms with Gasteiger partial charge in [-0.2, -0.15) is 0 Å². The molecule has 196 valence electrons. The fourth-order valence-corrected chi connectivity index (χ4v) is 5.22. The summed E-state index contributed by atoms with van der Waals surface area (Å²) in [5, 5.41) is 14.3. The molecule has 1 aliphatic carbocycles. The maximum Gasteiger partial charge on any atom is 0.272 e. The highest BCUT2D eigenvalue weighted by Crippen LogP contribution is 2.48. The lowest BCUT2D eigenvalue weighted by Gasteiger charge is -2.29. The maximum absolute atomic E-state index is 13.6. The highest BCUT2D eigenvalue weighted by Gasteiger charge is 2.31. The lowest BCUT2D eigenvalue weighted by molar-refractivity contribution is -0.385. The number of hydrogen-bond donors (Lipinski definition) is 1. The highest BCUT2D eigenvalue weighted by atomic mass is 32.2. The Morgan fingerprint density at radius 3 is 2.47 bits per heavy atom. The molecule has 9 nitrogen and oxygen atoms in total. The van der Waals surface area contributed by atoms with Crippen molar-refractivity contribution in [3.8, 4) is 11.3 Å². The molecule has 11 heteroatoms. The van der Waals surface area contributed by atoms with Crippen molar-refractivity contribution in [3.63, 3.8) is 0 Å². The van der Waals surface area contributed by atoms with Gasteiger partial charge in [-0.25, -0.2) is 4.39 Å². The van der Waals surface area contributed by atoms with E-state index in [-0.39, 0.29) is 35.4 Å². The number of furan rings is 1. The first kappa shape index (κ1) is 25.6. The van der Waals surface area contributed by atoms with Gasteiger partial charge in [-0.1, -0.05) is 6.07 Å². The molecule has 1 saturated carbocycles. The Labute approximate surface area is 219 Å². The Morgan fingerprint density at radius 1 is 1.18 bits per heavy atom. The molecule has 1 N–H and O–H groups in total. The van der Waals surface area contributed by atoms with Gasteiger partial charge in [0.05, 0.1) is 22.7 Å². The van der Waals surface area contributed by atoms with Gasteiger partial charge in [-0.3, -0.25) is 23.4 Å². The molecule has 1 fully saturated rings. The molecule has 3 aromatic carbocycles. The topological polar surface area (TPSA) is 129 Å². The number of nitrogens with zero attached hydrogens (tertiary/aromatic N) is 2. The number of anilines is 1. The first-order valence-electron chi connectivity index (χ1n) is 11.9. The van der Waals surface area contributed by atoms with Crippen molar-refractivity contribution in [2.45, 2.75) is 32.2 Å². The molecular formula is C27H23FN3O6S-. The largest absolute Gasteiger partial charge is 0.755 e. The molecule has 0 radical (unpaired) electrons. The van der Waals surface area contributed by atoms with Gasteiger partial charge in [0.25, 0.3) is 11.6 Å². The van der Waals surface area contributed by atoms with Crippen LogP contribution in [0.1, 0.15) is 45.8 Å². The number of nitro benzene ring substituents is 1. The molecule has 1 heterocycles. The van der Waals surface area contributed by atoms with E-state index in [4.69, 9.17) is 4.42 Å². The number of nitrogens with one attached hydrogen (secondary N) is 1. The molecule has 0 saturated heterocycles. The molecule has 1 amide bonds. The number of carbonyl (C=O) groups excluding carboxylic acids is 1. The van der Waals surface area contributed by atoms with E-state index in [2.05, 4.69) is 5.32 Å². The second kappa shape index (κ2) is 9.99. The van der Waals surface area contributed by atoms with Crippen LogP contribution in [0.4, 0.5) is 15.8 Å². The summed E-state index contributed by atoms with van der Waals surface area (Å²) in [5.41, 5.74) is 3.21. The number of aryl methyl sites for hydroxylation is 1. The SMILES string of the molecule is CNC(=O)c1c(-c2ccc(F)cc2)oc2cc(N(Cc3ccc([N+](=O)[O-])c(C)c3)S(=O)[O-])c(C3CC3)cc12. The third kappa shape index (κ3) is 4.77. The van der Waals surface area contributed by atoms with E-state index in [1.54, 1.807) is 25.1 Å². The van der Waals surface area contributed by atoms with E-state index in [1.165, 1.54) is 47.8 Å². The fraction of sp³-hybridized carbons (Fsp3) is 0.222. The van der Waals surface area contributed by atoms with Crippen LogP contribution in [0.5, 0.6) is 0 Å². The lowest BCUT2D eigenvalue weighted by atomic mass is 10.00. The van der Waals surface area contributed by atoms with E-state index >= 15 is 0 Å². The van der Waals surface area contributed by atoms with Crippen LogP contribution in [0.2, 0.25) is 0 Å². The molecule has 5 rings (SSSR count). The second-order valence-electron chi connectivity index (χ2n) is 9.21. The van der Waals surface area contributed by atoms with Crippen LogP contribution in [0, 0.1) is 22.9 Å². The van der Waals surface area contributed by atoms with Gasteiger partial charge in [-0.05, 0) is 73.2 Å². The second-order valence-corrected chi connectivity index (χ2v) is 10.1. The van der Waals surface area contributed by atoms with E-state index in [0.29, 0.717) is 33.3 Å². The average molecular weight is 537 g/mol. The number of nitro groups is 1. The van der Waals surface area contributed by atoms with Gasteiger partial charge in [0.15, 0.2) is 0 Å². The summed E-state index contributed by atoms with van der Waals surface area (Å²) >= 11 is -2.68. The van der Waals surface area contributed by atoms with Crippen LogP contribution >= 0.6 is 0 Å². The Kier molecular flexibility index (Phi) is 6.72. The monoisotopic (exact) mass is 536 g/mol. The minimum atomic E-state index is -2.68. The molecular weight excluding hydrogens is 513 g/mol. The normalized spacial score (nSPS) is 13.9. The average Bonchev–Trinajstić information content (AvgIpc) is 3.66. The quantitative estimate of drug-likeness (QED) is 0.180. The van der Waals surface area contributed by atoms with Crippen LogP contribution in [0.15, 0.2) is 59.0 Å². The van der Waals surface area contributed by atoms with Crippen molar-refractivity contribution < 1.29 is 27.3 Å². The molecule has 0 bridgehead atoms. The van der Waals surface area contributed by atoms with Gasteiger partial charge >= 0.3 is 0 Å². The van der Waals surface area contributed by atoms with Gasteiger partial charge in [-0.15, -0.1) is 0 Å². The Morgan fingerprint density at radius 2 is 1.89 bits per heavy atom. The molecule has 38 heavy (non-hydrogen) atoms. The van der Waals surface area contributed by atoms with Crippen molar-refractivity contribution in [2.24, 2.45) is 0 Å². The van der Waals surface area contributed by atoms with Crippen molar-refractivity contribution in [1.82, 2.24) is 5.32 Å². The first-order valence-corrected chi connectivity index (χ1v) is 12.9. The van der Waals surface area contributed by atoms with Crippen molar-refractivity contribution in [2.75, 3.05) is 11.4 Å². The number of hydrogen-bond acceptors (Lipinski definition) is 6. The number of benzene rings is 3. The summed E-state index contributed by atoms with van der Waals surface area (Å²) in [6.07, 6.45) is 1.74. The third-order valence-corrected chi connectivity index (χ3v) is 7.33. The van der Waals surface area contributed by atoms with Gasteiger partial charge in [0.2, 0.25) is 0 Å². The number of amides is 1. The Bertz CT molecular complexity index is 1600. The zero-order chi connectivity index (χ0) is 27.1. The summed E-state index contributed by atoms with van der Waals surface area (Å²) in [7, 11) is 1.50. The summed E-state index contributed by atoms with van der Waals surface area (Å²) in [4.78, 5) is 23.6. The number of rotatable bonds is 8. The first-order chi connectivity index (χ1) is 18.2. The summed E-state index contributed by atoms with van der Waals surface area (Å²) in [6.45, 7) is 1.55. The molecule has 0 spiro atoms. The molecule has 0 aliphatic heterocycles. The predicted octanol–water partition coefficient (Wildman–Crippen LogP) is 5.49. The van der Waals surface area contributed by atoms with Gasteiger partial charge < -0.3 is 14.3 Å². The number of carbonyl (C=O) groups is 1. The van der Waals surface area contributed by atoms with Crippen LogP contribution in [0.3, 0.4) is 0 Å². The van der Waals surface area contributed by atoms with Crippen LogP contribution in [-0.2, 0) is 17.8 Å². The summed E-state index contributed by atoms with van der Waals surface area (Å²) in [5.74, 6) is -0.456. The minimum Gasteiger partial charge on any atom is -0.755 e. The van der Waals surface area contributed by atoms with Crippen molar-refractivity contribution >= 4 is 39.5 Å². The van der Waals surface area contributed by atoms with E-state index < -0.39 is 22.0 Å². The van der Waals surface area contributed by atoms with Gasteiger partial charge in [0.1, 0.15) is 17.2 Å². The lowest BCUT2D eigenvalue weighted by Crippen LogP contribution is -2.26. The highest BCUT2D eigenvalue weighted by molar-refractivity contribution is 7.80. The Hall–Kier alpha value is -4.09. The van der Waals surface area contributed by atoms with Crippen LogP contribution < -0.4 is 9.62 Å². The maximum atomic E-state index is 13.6. The smallest absolute Gasteiger partial charge is 0.272 e. The Balaban J connectivity index is 1.66. The molecule has 1 aliphatic rings. The van der Waals surface area contributed by atoms with Crippen LogP contribution in [0.25, 0.3) is 22.3 Å². The van der Waals surface area contributed by atoms with Crippen molar-refractivity contribution in [1.29, 1.82) is 0 Å². The molecule has 1 unspecified atom stereocenters. The van der Waals surface area contributed by atoms with E-state index in [0.717, 1.165) is 18.4 Å². The fourth-order valence-electron chi connectivity index (χ4n) is 4.65. The predicted molar refractivity (Wildman–Crippen MR) is 140 cm³/mol. The molecule has 1 aromatic heterocycles. The van der Waals surface area contributed by atoms with Crippen molar-refractivity contribution in [3.05, 3.63) is 92.8 Å². The summed E-state index contributed by atoms with van der Waals surface area (Å²) < 4.78 is 45.8. The number of halogens is 1.